The van der Waals surface area contributed by atoms with Crippen molar-refractivity contribution < 1.29 is 14.3 Å². The minimum Gasteiger partial charge on any atom is -0.457 e. The summed E-state index contributed by atoms with van der Waals surface area (Å²) in [5.74, 6) is 0.901. The number of fused-ring (bicyclic) bond motifs is 1. The van der Waals surface area contributed by atoms with Gasteiger partial charge in [0.1, 0.15) is 17.2 Å². The number of aromatic nitrogens is 1. The Kier molecular flexibility index (Phi) is 5.84. The lowest BCUT2D eigenvalue weighted by Crippen LogP contribution is -2.38. The molecule has 0 spiro atoms. The molecule has 1 aliphatic heterocycles. The van der Waals surface area contributed by atoms with Crippen LogP contribution in [0.4, 0.5) is 10.5 Å². The van der Waals surface area contributed by atoms with Crippen LogP contribution in [0.5, 0.6) is 11.5 Å². The number of benzene rings is 2. The van der Waals surface area contributed by atoms with E-state index in [1.54, 1.807) is 24.1 Å². The number of anilines is 1. The van der Waals surface area contributed by atoms with E-state index in [0.29, 0.717) is 24.6 Å². The molecule has 2 N–H and O–H groups in total. The third-order valence-electron chi connectivity index (χ3n) is 5.17. The highest BCUT2D eigenvalue weighted by molar-refractivity contribution is 5.92. The van der Waals surface area contributed by atoms with Crippen LogP contribution in [0.1, 0.15) is 27.2 Å². The minimum absolute atomic E-state index is 0.119. The summed E-state index contributed by atoms with van der Waals surface area (Å²) in [7, 11) is 1.56. The first-order chi connectivity index (χ1) is 15.0. The number of hydrogen-bond donors (Lipinski definition) is 2. The summed E-state index contributed by atoms with van der Waals surface area (Å²) >= 11 is 0. The third kappa shape index (κ3) is 4.83. The SMILES string of the molecule is CNC(=O)c1cc(Oc2ccc3c(c2)CN(C(=O)Nc2cccc(C)c2)CC3)ccn1. The fourth-order valence-electron chi connectivity index (χ4n) is 3.56. The molecule has 0 atom stereocenters. The predicted molar refractivity (Wildman–Crippen MR) is 118 cm³/mol. The van der Waals surface area contributed by atoms with Crippen LogP contribution in [-0.2, 0) is 13.0 Å². The Bertz CT molecular complexity index is 1130. The van der Waals surface area contributed by atoms with E-state index in [-0.39, 0.29) is 17.6 Å². The van der Waals surface area contributed by atoms with Crippen molar-refractivity contribution in [1.82, 2.24) is 15.2 Å². The summed E-state index contributed by atoms with van der Waals surface area (Å²) < 4.78 is 5.95. The Morgan fingerprint density at radius 1 is 1.03 bits per heavy atom. The maximum absolute atomic E-state index is 12.7. The quantitative estimate of drug-likeness (QED) is 0.670. The van der Waals surface area contributed by atoms with E-state index in [1.807, 2.05) is 49.4 Å². The summed E-state index contributed by atoms with van der Waals surface area (Å²) in [6.07, 6.45) is 2.32. The van der Waals surface area contributed by atoms with Crippen LogP contribution in [0.2, 0.25) is 0 Å². The molecule has 0 unspecified atom stereocenters. The number of amides is 3. The molecule has 0 bridgehead atoms. The standard InChI is InChI=1S/C24H24N4O3/c1-16-4-3-5-19(12-16)27-24(30)28-11-9-17-6-7-20(13-18(17)15-28)31-21-8-10-26-22(14-21)23(29)25-2/h3-8,10,12-14H,9,11,15H2,1-2H3,(H,25,29)(H,27,30). The molecule has 0 fully saturated rings. The third-order valence-corrected chi connectivity index (χ3v) is 5.17. The van der Waals surface area contributed by atoms with E-state index < -0.39 is 0 Å². The number of pyridine rings is 1. The van der Waals surface area contributed by atoms with E-state index in [1.165, 1.54) is 11.8 Å². The topological polar surface area (TPSA) is 83.6 Å². The Hall–Kier alpha value is -3.87. The van der Waals surface area contributed by atoms with Crippen LogP contribution in [0.25, 0.3) is 0 Å². The fraction of sp³-hybridized carbons (Fsp3) is 0.208. The maximum Gasteiger partial charge on any atom is 0.322 e. The van der Waals surface area contributed by atoms with Crippen molar-refractivity contribution in [2.45, 2.75) is 19.9 Å². The van der Waals surface area contributed by atoms with E-state index in [4.69, 9.17) is 4.74 Å². The van der Waals surface area contributed by atoms with Crippen molar-refractivity contribution in [1.29, 1.82) is 0 Å². The van der Waals surface area contributed by atoms with Gasteiger partial charge in [-0.1, -0.05) is 18.2 Å². The number of nitrogens with one attached hydrogen (secondary N) is 2. The van der Waals surface area contributed by atoms with E-state index in [0.717, 1.165) is 23.2 Å². The van der Waals surface area contributed by atoms with Crippen molar-refractivity contribution in [3.8, 4) is 11.5 Å². The number of urea groups is 1. The first-order valence-corrected chi connectivity index (χ1v) is 10.1. The lowest BCUT2D eigenvalue weighted by atomic mass is 10.00. The number of ether oxygens (including phenoxy) is 1. The Labute approximate surface area is 181 Å². The van der Waals surface area contributed by atoms with Gasteiger partial charge in [0.05, 0.1) is 0 Å². The molecule has 2 aromatic carbocycles. The van der Waals surface area contributed by atoms with Gasteiger partial charge in [-0.3, -0.25) is 9.78 Å². The summed E-state index contributed by atoms with van der Waals surface area (Å²) in [6.45, 7) is 3.16. The van der Waals surface area contributed by atoms with Crippen LogP contribution in [0.15, 0.2) is 60.8 Å². The number of aryl methyl sites for hydroxylation is 1. The van der Waals surface area contributed by atoms with Gasteiger partial charge in [0.15, 0.2) is 0 Å². The van der Waals surface area contributed by atoms with E-state index in [9.17, 15) is 9.59 Å². The summed E-state index contributed by atoms with van der Waals surface area (Å²) in [5, 5.41) is 5.52. The zero-order valence-electron chi connectivity index (χ0n) is 17.5. The minimum atomic E-state index is -0.272. The van der Waals surface area contributed by atoms with Crippen LogP contribution < -0.4 is 15.4 Å². The molecule has 7 heteroatoms. The largest absolute Gasteiger partial charge is 0.457 e. The highest BCUT2D eigenvalue weighted by Crippen LogP contribution is 2.28. The number of carbonyl (C=O) groups excluding carboxylic acids is 2. The van der Waals surface area contributed by atoms with Crippen molar-refractivity contribution in [2.24, 2.45) is 0 Å². The van der Waals surface area contributed by atoms with Crippen molar-refractivity contribution in [2.75, 3.05) is 18.9 Å². The molecule has 0 saturated carbocycles. The molecule has 0 saturated heterocycles. The van der Waals surface area contributed by atoms with Gasteiger partial charge in [0, 0.05) is 38.1 Å². The molecule has 158 valence electrons. The van der Waals surface area contributed by atoms with Gasteiger partial charge in [-0.25, -0.2) is 4.79 Å². The average molecular weight is 416 g/mol. The molecule has 1 aromatic heterocycles. The summed E-state index contributed by atoms with van der Waals surface area (Å²) in [6, 6.07) is 16.8. The normalized spacial score (nSPS) is 12.6. The molecule has 0 aliphatic carbocycles. The van der Waals surface area contributed by atoms with Crippen molar-refractivity contribution in [3.05, 3.63) is 83.2 Å². The molecule has 0 radical (unpaired) electrons. The van der Waals surface area contributed by atoms with Gasteiger partial charge in [-0.2, -0.15) is 0 Å². The van der Waals surface area contributed by atoms with Gasteiger partial charge < -0.3 is 20.3 Å². The molecule has 4 rings (SSSR count). The van der Waals surface area contributed by atoms with Gasteiger partial charge in [0.25, 0.3) is 5.91 Å². The predicted octanol–water partition coefficient (Wildman–Crippen LogP) is 4.13. The Morgan fingerprint density at radius 2 is 1.87 bits per heavy atom. The first-order valence-electron chi connectivity index (χ1n) is 10.1. The zero-order chi connectivity index (χ0) is 21.8. The van der Waals surface area contributed by atoms with Crippen molar-refractivity contribution >= 4 is 17.6 Å². The number of carbonyl (C=O) groups is 2. The smallest absolute Gasteiger partial charge is 0.322 e. The van der Waals surface area contributed by atoms with Crippen molar-refractivity contribution in [3.63, 3.8) is 0 Å². The Morgan fingerprint density at radius 3 is 2.68 bits per heavy atom. The molecule has 2 heterocycles. The first kappa shape index (κ1) is 20.4. The van der Waals surface area contributed by atoms with Gasteiger partial charge in [-0.15, -0.1) is 0 Å². The molecule has 3 aromatic rings. The maximum atomic E-state index is 12.7. The molecular weight excluding hydrogens is 392 g/mol. The highest BCUT2D eigenvalue weighted by atomic mass is 16.5. The summed E-state index contributed by atoms with van der Waals surface area (Å²) in [5.41, 5.74) is 4.42. The van der Waals surface area contributed by atoms with Crippen LogP contribution in [0.3, 0.4) is 0 Å². The molecule has 1 aliphatic rings. The van der Waals surface area contributed by atoms with E-state index in [2.05, 4.69) is 15.6 Å². The average Bonchev–Trinajstić information content (AvgIpc) is 2.78. The molecule has 3 amide bonds. The molecular formula is C24H24N4O3. The number of rotatable bonds is 4. The second-order valence-electron chi connectivity index (χ2n) is 7.46. The van der Waals surface area contributed by atoms with Gasteiger partial charge in [-0.05, 0) is 60.4 Å². The summed E-state index contributed by atoms with van der Waals surface area (Å²) in [4.78, 5) is 30.4. The van der Waals surface area contributed by atoms with E-state index >= 15 is 0 Å². The van der Waals surface area contributed by atoms with Crippen LogP contribution in [-0.4, -0.2) is 35.4 Å². The number of nitrogens with zero attached hydrogens (tertiary/aromatic N) is 2. The number of hydrogen-bond acceptors (Lipinski definition) is 4. The molecule has 31 heavy (non-hydrogen) atoms. The second-order valence-corrected chi connectivity index (χ2v) is 7.46. The lowest BCUT2D eigenvalue weighted by molar-refractivity contribution is 0.0958. The second kappa shape index (κ2) is 8.87. The Balaban J connectivity index is 1.46. The van der Waals surface area contributed by atoms with Gasteiger partial charge >= 0.3 is 6.03 Å². The van der Waals surface area contributed by atoms with Gasteiger partial charge in [0.2, 0.25) is 0 Å². The van der Waals surface area contributed by atoms with Crippen LogP contribution >= 0.6 is 0 Å². The monoisotopic (exact) mass is 416 g/mol. The van der Waals surface area contributed by atoms with Crippen LogP contribution in [0, 0.1) is 6.92 Å². The zero-order valence-corrected chi connectivity index (χ0v) is 17.5. The molecule has 7 nitrogen and oxygen atoms in total. The lowest BCUT2D eigenvalue weighted by Gasteiger charge is -2.29. The highest BCUT2D eigenvalue weighted by Gasteiger charge is 2.21. The fourth-order valence-corrected chi connectivity index (χ4v) is 3.56.